The number of nitrogens with two attached hydrogens (primary N) is 1. The Kier molecular flexibility index (Phi) is 4.76. The SMILES string of the molecule is NC1CCCCCC1Nc1ccc(Br)cc1[N+](=O)[O-]. The van der Waals surface area contributed by atoms with Crippen molar-refractivity contribution in [3.05, 3.63) is 32.8 Å². The van der Waals surface area contributed by atoms with Crippen molar-refractivity contribution in [3.8, 4) is 0 Å². The molecule has 3 N–H and O–H groups in total. The first-order valence-corrected chi connectivity index (χ1v) is 7.33. The molecule has 19 heavy (non-hydrogen) atoms. The van der Waals surface area contributed by atoms with E-state index in [0.29, 0.717) is 10.2 Å². The standard InChI is InChI=1S/C13H18BrN3O2/c14-9-6-7-12(13(8-9)17(18)19)16-11-5-3-1-2-4-10(11)15/h6-8,10-11,16H,1-5,15H2. The van der Waals surface area contributed by atoms with Gasteiger partial charge in [-0.15, -0.1) is 0 Å². The smallest absolute Gasteiger partial charge is 0.293 e. The van der Waals surface area contributed by atoms with Crippen LogP contribution in [0.15, 0.2) is 22.7 Å². The summed E-state index contributed by atoms with van der Waals surface area (Å²) in [5.74, 6) is 0. The Labute approximate surface area is 120 Å². The highest BCUT2D eigenvalue weighted by atomic mass is 79.9. The average molecular weight is 328 g/mol. The van der Waals surface area contributed by atoms with Gasteiger partial charge in [0.1, 0.15) is 5.69 Å². The number of halogens is 1. The second-order valence-electron chi connectivity index (χ2n) is 4.97. The molecular weight excluding hydrogens is 310 g/mol. The first kappa shape index (κ1) is 14.3. The Balaban J connectivity index is 2.19. The molecule has 0 radical (unpaired) electrons. The van der Waals surface area contributed by atoms with Crippen LogP contribution < -0.4 is 11.1 Å². The average Bonchev–Trinajstić information content (AvgIpc) is 2.57. The molecule has 0 saturated heterocycles. The van der Waals surface area contributed by atoms with E-state index in [1.807, 2.05) is 0 Å². The van der Waals surface area contributed by atoms with E-state index >= 15 is 0 Å². The van der Waals surface area contributed by atoms with Crippen LogP contribution in [0.4, 0.5) is 11.4 Å². The fourth-order valence-electron chi connectivity index (χ4n) is 2.49. The van der Waals surface area contributed by atoms with E-state index in [9.17, 15) is 10.1 Å². The molecule has 5 nitrogen and oxygen atoms in total. The first-order valence-electron chi connectivity index (χ1n) is 6.54. The van der Waals surface area contributed by atoms with Gasteiger partial charge in [-0.3, -0.25) is 10.1 Å². The molecular formula is C13H18BrN3O2. The Morgan fingerprint density at radius 2 is 2.05 bits per heavy atom. The largest absolute Gasteiger partial charge is 0.375 e. The lowest BCUT2D eigenvalue weighted by Gasteiger charge is -2.23. The van der Waals surface area contributed by atoms with Gasteiger partial charge in [-0.2, -0.15) is 0 Å². The van der Waals surface area contributed by atoms with Gasteiger partial charge >= 0.3 is 0 Å². The van der Waals surface area contributed by atoms with Gasteiger partial charge in [0.2, 0.25) is 0 Å². The second kappa shape index (κ2) is 6.34. The van der Waals surface area contributed by atoms with Crippen molar-refractivity contribution in [2.45, 2.75) is 44.2 Å². The zero-order valence-corrected chi connectivity index (χ0v) is 12.2. The van der Waals surface area contributed by atoms with Crippen LogP contribution in [0.3, 0.4) is 0 Å². The maximum absolute atomic E-state index is 11.1. The number of hydrogen-bond acceptors (Lipinski definition) is 4. The molecule has 1 aliphatic carbocycles. The van der Waals surface area contributed by atoms with Gasteiger partial charge in [-0.05, 0) is 25.0 Å². The quantitative estimate of drug-likeness (QED) is 0.506. The number of nitrogens with zero attached hydrogens (tertiary/aromatic N) is 1. The van der Waals surface area contributed by atoms with Gasteiger partial charge in [0.15, 0.2) is 0 Å². The van der Waals surface area contributed by atoms with Crippen molar-refractivity contribution in [1.29, 1.82) is 0 Å². The zero-order chi connectivity index (χ0) is 13.8. The van der Waals surface area contributed by atoms with Crippen molar-refractivity contribution in [2.75, 3.05) is 5.32 Å². The molecule has 0 aromatic heterocycles. The lowest BCUT2D eigenvalue weighted by molar-refractivity contribution is -0.384. The molecule has 104 valence electrons. The van der Waals surface area contributed by atoms with E-state index in [1.165, 1.54) is 12.5 Å². The Morgan fingerprint density at radius 1 is 1.32 bits per heavy atom. The zero-order valence-electron chi connectivity index (χ0n) is 10.6. The molecule has 2 unspecified atom stereocenters. The first-order chi connectivity index (χ1) is 9.08. The predicted octanol–water partition coefficient (Wildman–Crippen LogP) is 3.43. The van der Waals surface area contributed by atoms with E-state index < -0.39 is 0 Å². The molecule has 1 aliphatic rings. The van der Waals surface area contributed by atoms with Gasteiger partial charge in [0.25, 0.3) is 5.69 Å². The highest BCUT2D eigenvalue weighted by molar-refractivity contribution is 9.10. The van der Waals surface area contributed by atoms with Gasteiger partial charge in [-0.1, -0.05) is 35.2 Å². The highest BCUT2D eigenvalue weighted by Crippen LogP contribution is 2.30. The number of anilines is 1. The minimum absolute atomic E-state index is 0.0609. The molecule has 0 bridgehead atoms. The van der Waals surface area contributed by atoms with Gasteiger partial charge in [0, 0.05) is 22.6 Å². The summed E-state index contributed by atoms with van der Waals surface area (Å²) >= 11 is 3.26. The fourth-order valence-corrected chi connectivity index (χ4v) is 2.84. The monoisotopic (exact) mass is 327 g/mol. The summed E-state index contributed by atoms with van der Waals surface area (Å²) in [4.78, 5) is 10.7. The molecule has 0 heterocycles. The number of hydrogen-bond donors (Lipinski definition) is 2. The van der Waals surface area contributed by atoms with E-state index in [1.54, 1.807) is 12.1 Å². The van der Waals surface area contributed by atoms with Crippen LogP contribution in [0.2, 0.25) is 0 Å². The molecule has 0 amide bonds. The molecule has 2 rings (SSSR count). The second-order valence-corrected chi connectivity index (χ2v) is 5.89. The molecule has 1 fully saturated rings. The molecule has 1 aromatic rings. The molecule has 0 aliphatic heterocycles. The Bertz CT molecular complexity index is 467. The summed E-state index contributed by atoms with van der Waals surface area (Å²) in [6.07, 6.45) is 5.39. The van der Waals surface area contributed by atoms with Crippen molar-refractivity contribution in [2.24, 2.45) is 5.73 Å². The summed E-state index contributed by atoms with van der Waals surface area (Å²) in [6.45, 7) is 0. The molecule has 1 aromatic carbocycles. The van der Waals surface area contributed by atoms with Crippen molar-refractivity contribution >= 4 is 27.3 Å². The highest BCUT2D eigenvalue weighted by Gasteiger charge is 2.23. The van der Waals surface area contributed by atoms with Crippen LogP contribution in [0.5, 0.6) is 0 Å². The maximum Gasteiger partial charge on any atom is 0.293 e. The van der Waals surface area contributed by atoms with E-state index in [4.69, 9.17) is 5.73 Å². The molecule has 6 heteroatoms. The topological polar surface area (TPSA) is 81.2 Å². The number of nitro groups is 1. The van der Waals surface area contributed by atoms with E-state index in [-0.39, 0.29) is 22.7 Å². The van der Waals surface area contributed by atoms with Crippen LogP contribution in [0.1, 0.15) is 32.1 Å². The summed E-state index contributed by atoms with van der Waals surface area (Å²) in [5.41, 5.74) is 6.78. The Hall–Kier alpha value is -1.14. The van der Waals surface area contributed by atoms with E-state index in [0.717, 1.165) is 25.7 Å². The van der Waals surface area contributed by atoms with Crippen LogP contribution >= 0.6 is 15.9 Å². The number of rotatable bonds is 3. The van der Waals surface area contributed by atoms with Crippen molar-refractivity contribution in [3.63, 3.8) is 0 Å². The maximum atomic E-state index is 11.1. The van der Waals surface area contributed by atoms with Crippen LogP contribution in [0.25, 0.3) is 0 Å². The normalized spacial score (nSPS) is 23.7. The number of benzene rings is 1. The van der Waals surface area contributed by atoms with Crippen LogP contribution in [-0.4, -0.2) is 17.0 Å². The summed E-state index contributed by atoms with van der Waals surface area (Å²) in [5, 5.41) is 14.3. The summed E-state index contributed by atoms with van der Waals surface area (Å²) in [6, 6.07) is 5.23. The minimum Gasteiger partial charge on any atom is -0.375 e. The van der Waals surface area contributed by atoms with Gasteiger partial charge in [0.05, 0.1) is 4.92 Å². The molecule has 2 atom stereocenters. The van der Waals surface area contributed by atoms with Crippen LogP contribution in [0, 0.1) is 10.1 Å². The van der Waals surface area contributed by atoms with Gasteiger partial charge in [-0.25, -0.2) is 0 Å². The van der Waals surface area contributed by atoms with E-state index in [2.05, 4.69) is 21.2 Å². The molecule has 0 spiro atoms. The third-order valence-corrected chi connectivity index (χ3v) is 4.06. The van der Waals surface area contributed by atoms with Crippen LogP contribution in [-0.2, 0) is 0 Å². The van der Waals surface area contributed by atoms with Crippen molar-refractivity contribution in [1.82, 2.24) is 0 Å². The number of nitrogens with one attached hydrogen (secondary N) is 1. The third-order valence-electron chi connectivity index (χ3n) is 3.57. The van der Waals surface area contributed by atoms with Crippen molar-refractivity contribution < 1.29 is 4.92 Å². The predicted molar refractivity (Wildman–Crippen MR) is 79.3 cm³/mol. The minimum atomic E-state index is -0.366. The summed E-state index contributed by atoms with van der Waals surface area (Å²) < 4.78 is 0.704. The lowest BCUT2D eigenvalue weighted by Crippen LogP contribution is -2.39. The third kappa shape index (κ3) is 3.67. The fraction of sp³-hybridized carbons (Fsp3) is 0.538. The lowest BCUT2D eigenvalue weighted by atomic mass is 10.0. The summed E-state index contributed by atoms with van der Waals surface area (Å²) in [7, 11) is 0. The molecule has 1 saturated carbocycles. The number of nitro benzene ring substituents is 1. The Morgan fingerprint density at radius 3 is 2.79 bits per heavy atom. The van der Waals surface area contributed by atoms with Gasteiger partial charge < -0.3 is 11.1 Å².